The van der Waals surface area contributed by atoms with Crippen molar-refractivity contribution in [2.24, 2.45) is 0 Å². The smallest absolute Gasteiger partial charge is 0.0756 e. The standard InChI is InChI=1S/C7H9BrOS/c1-5-3-6(4-9-2)7(8)10-5/h3H,4H2,1-2H3. The summed E-state index contributed by atoms with van der Waals surface area (Å²) in [4.78, 5) is 1.32. The summed E-state index contributed by atoms with van der Waals surface area (Å²) in [6.07, 6.45) is 0. The third-order valence-corrected chi connectivity index (χ3v) is 3.06. The average molecular weight is 221 g/mol. The van der Waals surface area contributed by atoms with Crippen LogP contribution in [0.5, 0.6) is 0 Å². The maximum Gasteiger partial charge on any atom is 0.0756 e. The molecular formula is C7H9BrOS. The molecule has 0 aromatic carbocycles. The van der Waals surface area contributed by atoms with E-state index in [-0.39, 0.29) is 0 Å². The van der Waals surface area contributed by atoms with Crippen LogP contribution < -0.4 is 0 Å². The first-order valence-electron chi connectivity index (χ1n) is 2.98. The van der Waals surface area contributed by atoms with Crippen molar-refractivity contribution in [2.75, 3.05) is 7.11 Å². The lowest BCUT2D eigenvalue weighted by molar-refractivity contribution is 0.185. The highest BCUT2D eigenvalue weighted by Crippen LogP contribution is 2.27. The number of aryl methyl sites for hydroxylation is 1. The van der Waals surface area contributed by atoms with Crippen molar-refractivity contribution in [2.45, 2.75) is 13.5 Å². The molecule has 0 spiro atoms. The molecule has 0 N–H and O–H groups in total. The van der Waals surface area contributed by atoms with Crippen molar-refractivity contribution in [1.82, 2.24) is 0 Å². The van der Waals surface area contributed by atoms with Crippen molar-refractivity contribution in [3.8, 4) is 0 Å². The molecule has 0 aliphatic heterocycles. The van der Waals surface area contributed by atoms with Gasteiger partial charge in [0.05, 0.1) is 10.4 Å². The Morgan fingerprint density at radius 2 is 2.40 bits per heavy atom. The van der Waals surface area contributed by atoms with Crippen LogP contribution in [0.2, 0.25) is 0 Å². The summed E-state index contributed by atoms with van der Waals surface area (Å²) in [5.74, 6) is 0. The molecule has 0 saturated heterocycles. The van der Waals surface area contributed by atoms with Crippen molar-refractivity contribution in [3.05, 3.63) is 20.3 Å². The van der Waals surface area contributed by atoms with Gasteiger partial charge in [-0.05, 0) is 28.9 Å². The van der Waals surface area contributed by atoms with Gasteiger partial charge in [0.2, 0.25) is 0 Å². The SMILES string of the molecule is COCc1cc(C)sc1Br. The zero-order valence-corrected chi connectivity index (χ0v) is 8.38. The van der Waals surface area contributed by atoms with E-state index in [4.69, 9.17) is 4.74 Å². The van der Waals surface area contributed by atoms with Gasteiger partial charge in [-0.3, -0.25) is 0 Å². The first kappa shape index (κ1) is 8.24. The van der Waals surface area contributed by atoms with Crippen molar-refractivity contribution >= 4 is 27.3 Å². The molecule has 0 saturated carbocycles. The second-order valence-electron chi connectivity index (χ2n) is 2.09. The molecular weight excluding hydrogens is 212 g/mol. The summed E-state index contributed by atoms with van der Waals surface area (Å²) >= 11 is 5.20. The summed E-state index contributed by atoms with van der Waals surface area (Å²) < 4.78 is 6.19. The van der Waals surface area contributed by atoms with Gasteiger partial charge in [-0.25, -0.2) is 0 Å². The van der Waals surface area contributed by atoms with Gasteiger partial charge in [0.15, 0.2) is 0 Å². The highest BCUT2D eigenvalue weighted by atomic mass is 79.9. The van der Waals surface area contributed by atoms with Gasteiger partial charge in [-0.15, -0.1) is 11.3 Å². The Bertz CT molecular complexity index is 219. The van der Waals surface area contributed by atoms with Crippen LogP contribution >= 0.6 is 27.3 Å². The van der Waals surface area contributed by atoms with E-state index in [9.17, 15) is 0 Å². The van der Waals surface area contributed by atoms with E-state index in [2.05, 4.69) is 28.9 Å². The van der Waals surface area contributed by atoms with Crippen LogP contribution in [0.25, 0.3) is 0 Å². The van der Waals surface area contributed by atoms with E-state index in [0.717, 1.165) is 0 Å². The Balaban J connectivity index is 2.81. The topological polar surface area (TPSA) is 9.23 Å². The molecule has 0 bridgehead atoms. The lowest BCUT2D eigenvalue weighted by Crippen LogP contribution is -1.83. The molecule has 0 radical (unpaired) electrons. The van der Waals surface area contributed by atoms with Crippen LogP contribution in [0.1, 0.15) is 10.4 Å². The number of hydrogen-bond acceptors (Lipinski definition) is 2. The van der Waals surface area contributed by atoms with Gasteiger partial charge >= 0.3 is 0 Å². The summed E-state index contributed by atoms with van der Waals surface area (Å²) in [7, 11) is 1.71. The minimum Gasteiger partial charge on any atom is -0.380 e. The predicted octanol–water partition coefficient (Wildman–Crippen LogP) is 2.97. The van der Waals surface area contributed by atoms with Crippen molar-refractivity contribution in [1.29, 1.82) is 0 Å². The van der Waals surface area contributed by atoms with Crippen LogP contribution in [0.15, 0.2) is 9.85 Å². The average Bonchev–Trinajstić information content (AvgIpc) is 2.13. The van der Waals surface area contributed by atoms with E-state index >= 15 is 0 Å². The Kier molecular flexibility index (Phi) is 2.89. The van der Waals surface area contributed by atoms with Gasteiger partial charge in [0.1, 0.15) is 0 Å². The molecule has 0 unspecified atom stereocenters. The van der Waals surface area contributed by atoms with Crippen molar-refractivity contribution in [3.63, 3.8) is 0 Å². The maximum atomic E-state index is 5.00. The van der Waals surface area contributed by atoms with Crippen LogP contribution in [-0.4, -0.2) is 7.11 Å². The lowest BCUT2D eigenvalue weighted by Gasteiger charge is -1.93. The molecule has 1 nitrogen and oxygen atoms in total. The Hall–Kier alpha value is 0.140. The molecule has 0 aliphatic carbocycles. The van der Waals surface area contributed by atoms with E-state index in [1.165, 1.54) is 14.2 Å². The Labute approximate surface area is 73.1 Å². The molecule has 1 heterocycles. The largest absolute Gasteiger partial charge is 0.380 e. The molecule has 1 aromatic heterocycles. The predicted molar refractivity (Wildman–Crippen MR) is 47.5 cm³/mol. The number of halogens is 1. The third-order valence-electron chi connectivity index (χ3n) is 1.18. The molecule has 0 amide bonds. The highest BCUT2D eigenvalue weighted by molar-refractivity contribution is 9.11. The molecule has 10 heavy (non-hydrogen) atoms. The van der Waals surface area contributed by atoms with Crippen LogP contribution in [0.4, 0.5) is 0 Å². The third kappa shape index (κ3) is 1.81. The minimum absolute atomic E-state index is 0.699. The zero-order chi connectivity index (χ0) is 7.56. The summed E-state index contributed by atoms with van der Waals surface area (Å²) in [5.41, 5.74) is 1.24. The van der Waals surface area contributed by atoms with Crippen LogP contribution in [-0.2, 0) is 11.3 Å². The number of hydrogen-bond donors (Lipinski definition) is 0. The molecule has 0 atom stereocenters. The molecule has 3 heteroatoms. The minimum atomic E-state index is 0.699. The van der Waals surface area contributed by atoms with Gasteiger partial charge in [0.25, 0.3) is 0 Å². The van der Waals surface area contributed by atoms with Gasteiger partial charge in [-0.1, -0.05) is 0 Å². The normalized spacial score (nSPS) is 10.3. The monoisotopic (exact) mass is 220 g/mol. The fourth-order valence-corrected chi connectivity index (χ4v) is 2.52. The fraction of sp³-hybridized carbons (Fsp3) is 0.429. The van der Waals surface area contributed by atoms with E-state index in [1.807, 2.05) is 0 Å². The van der Waals surface area contributed by atoms with Crippen LogP contribution in [0, 0.1) is 6.92 Å². The first-order valence-corrected chi connectivity index (χ1v) is 4.58. The maximum absolute atomic E-state index is 5.00. The molecule has 0 aliphatic rings. The first-order chi connectivity index (χ1) is 4.74. The van der Waals surface area contributed by atoms with E-state index in [0.29, 0.717) is 6.61 Å². The molecule has 0 fully saturated rings. The van der Waals surface area contributed by atoms with Crippen molar-refractivity contribution < 1.29 is 4.74 Å². The van der Waals surface area contributed by atoms with E-state index < -0.39 is 0 Å². The quantitative estimate of drug-likeness (QED) is 0.745. The number of rotatable bonds is 2. The van der Waals surface area contributed by atoms with Gasteiger partial charge < -0.3 is 4.74 Å². The Morgan fingerprint density at radius 3 is 2.80 bits per heavy atom. The molecule has 1 aromatic rings. The summed E-state index contributed by atoms with van der Waals surface area (Å²) in [6, 6.07) is 2.14. The van der Waals surface area contributed by atoms with Gasteiger partial charge in [0, 0.05) is 17.6 Å². The highest BCUT2D eigenvalue weighted by Gasteiger charge is 2.01. The second-order valence-corrected chi connectivity index (χ2v) is 4.66. The fourth-order valence-electron chi connectivity index (χ4n) is 0.792. The Morgan fingerprint density at radius 1 is 1.70 bits per heavy atom. The van der Waals surface area contributed by atoms with Crippen LogP contribution in [0.3, 0.4) is 0 Å². The number of thiophene rings is 1. The lowest BCUT2D eigenvalue weighted by atomic mass is 10.3. The van der Waals surface area contributed by atoms with Gasteiger partial charge in [-0.2, -0.15) is 0 Å². The zero-order valence-electron chi connectivity index (χ0n) is 5.98. The molecule has 56 valence electrons. The second kappa shape index (κ2) is 3.51. The van der Waals surface area contributed by atoms with E-state index in [1.54, 1.807) is 18.4 Å². The molecule has 1 rings (SSSR count). The summed E-state index contributed by atoms with van der Waals surface area (Å²) in [5, 5.41) is 0. The number of methoxy groups -OCH3 is 1. The summed E-state index contributed by atoms with van der Waals surface area (Å²) in [6.45, 7) is 2.79. The number of ether oxygens (including phenoxy) is 1.